The molecule has 106 valence electrons. The highest BCUT2D eigenvalue weighted by Gasteiger charge is 2.11. The molecule has 20 heavy (non-hydrogen) atoms. The van der Waals surface area contributed by atoms with Crippen LogP contribution in [0.5, 0.6) is 5.75 Å². The molecule has 0 spiro atoms. The van der Waals surface area contributed by atoms with Gasteiger partial charge in [-0.2, -0.15) is 0 Å². The summed E-state index contributed by atoms with van der Waals surface area (Å²) in [5, 5.41) is 4.87. The number of rotatable bonds is 5. The van der Waals surface area contributed by atoms with E-state index < -0.39 is 0 Å². The summed E-state index contributed by atoms with van der Waals surface area (Å²) in [7, 11) is 1.64. The van der Waals surface area contributed by atoms with E-state index in [0.717, 1.165) is 22.9 Å². The molecule has 1 unspecified atom stereocenters. The Morgan fingerprint density at radius 3 is 2.40 bits per heavy atom. The van der Waals surface area contributed by atoms with Crippen molar-refractivity contribution in [1.29, 1.82) is 0 Å². The van der Waals surface area contributed by atoms with Crippen LogP contribution < -0.4 is 10.1 Å². The lowest BCUT2D eigenvalue weighted by Crippen LogP contribution is -2.10. The quantitative estimate of drug-likeness (QED) is 0.780. The van der Waals surface area contributed by atoms with E-state index in [1.807, 2.05) is 42.5 Å². The van der Waals surface area contributed by atoms with E-state index in [1.165, 1.54) is 5.56 Å². The fraction of sp³-hybridized carbons (Fsp3) is 0.250. The average Bonchev–Trinajstić information content (AvgIpc) is 2.47. The van der Waals surface area contributed by atoms with Crippen molar-refractivity contribution in [2.45, 2.75) is 19.4 Å². The molecule has 2 rings (SSSR count). The van der Waals surface area contributed by atoms with Crippen molar-refractivity contribution in [2.24, 2.45) is 0 Å². The molecular weight excluding hydrogens is 293 g/mol. The van der Waals surface area contributed by atoms with Gasteiger partial charge in [-0.05, 0) is 36.2 Å². The number of hydrogen-bond acceptors (Lipinski definition) is 2. The standard InChI is InChI=1S/C16H17Cl2NO/c1-3-15(11-4-6-12(17)7-5-11)19-16-10-13(20-2)8-9-14(16)18/h4-10,15,19H,3H2,1-2H3. The lowest BCUT2D eigenvalue weighted by molar-refractivity contribution is 0.415. The van der Waals surface area contributed by atoms with Crippen LogP contribution in [0.1, 0.15) is 24.9 Å². The first kappa shape index (κ1) is 15.0. The third-order valence-corrected chi connectivity index (χ3v) is 3.77. The normalized spacial score (nSPS) is 12.0. The highest BCUT2D eigenvalue weighted by Crippen LogP contribution is 2.31. The Hall–Kier alpha value is -1.38. The molecule has 0 aliphatic carbocycles. The van der Waals surface area contributed by atoms with Crippen molar-refractivity contribution in [2.75, 3.05) is 12.4 Å². The average molecular weight is 310 g/mol. The number of methoxy groups -OCH3 is 1. The zero-order valence-corrected chi connectivity index (χ0v) is 13.0. The van der Waals surface area contributed by atoms with Crippen LogP contribution in [0.4, 0.5) is 5.69 Å². The number of halogens is 2. The maximum atomic E-state index is 6.23. The summed E-state index contributed by atoms with van der Waals surface area (Å²) in [5.41, 5.74) is 2.05. The maximum Gasteiger partial charge on any atom is 0.121 e. The number of ether oxygens (including phenoxy) is 1. The third kappa shape index (κ3) is 3.59. The molecule has 0 amide bonds. The van der Waals surface area contributed by atoms with Gasteiger partial charge in [0.1, 0.15) is 5.75 Å². The first-order valence-corrected chi connectivity index (χ1v) is 7.25. The van der Waals surface area contributed by atoms with E-state index in [4.69, 9.17) is 27.9 Å². The van der Waals surface area contributed by atoms with Gasteiger partial charge in [0.15, 0.2) is 0 Å². The molecule has 2 aromatic carbocycles. The fourth-order valence-electron chi connectivity index (χ4n) is 2.05. The summed E-state index contributed by atoms with van der Waals surface area (Å²) in [6, 6.07) is 13.6. The SMILES string of the molecule is CCC(Nc1cc(OC)ccc1Cl)c1ccc(Cl)cc1. The van der Waals surface area contributed by atoms with Crippen molar-refractivity contribution < 1.29 is 4.74 Å². The summed E-state index contributed by atoms with van der Waals surface area (Å²) >= 11 is 12.2. The molecule has 2 aromatic rings. The Morgan fingerprint density at radius 1 is 1.10 bits per heavy atom. The van der Waals surface area contributed by atoms with Crippen molar-refractivity contribution >= 4 is 28.9 Å². The second-order valence-electron chi connectivity index (χ2n) is 4.50. The molecule has 4 heteroatoms. The molecule has 0 aliphatic rings. The Bertz CT molecular complexity index is 569. The first-order valence-electron chi connectivity index (χ1n) is 6.49. The minimum Gasteiger partial charge on any atom is -0.497 e. The van der Waals surface area contributed by atoms with Gasteiger partial charge in [0.2, 0.25) is 0 Å². The minimum atomic E-state index is 0.178. The van der Waals surface area contributed by atoms with Gasteiger partial charge >= 0.3 is 0 Å². The summed E-state index contributed by atoms with van der Waals surface area (Å²) in [4.78, 5) is 0. The van der Waals surface area contributed by atoms with Gasteiger partial charge in [0.25, 0.3) is 0 Å². The second-order valence-corrected chi connectivity index (χ2v) is 5.35. The summed E-state index contributed by atoms with van der Waals surface area (Å²) in [6.07, 6.45) is 0.940. The predicted octanol–water partition coefficient (Wildman–Crippen LogP) is 5.57. The monoisotopic (exact) mass is 309 g/mol. The second kappa shape index (κ2) is 6.87. The zero-order valence-electron chi connectivity index (χ0n) is 11.5. The van der Waals surface area contributed by atoms with Crippen LogP contribution in [0.2, 0.25) is 10.0 Å². The molecule has 1 atom stereocenters. The van der Waals surface area contributed by atoms with E-state index in [-0.39, 0.29) is 6.04 Å². The van der Waals surface area contributed by atoms with E-state index >= 15 is 0 Å². The number of hydrogen-bond donors (Lipinski definition) is 1. The van der Waals surface area contributed by atoms with Crippen LogP contribution >= 0.6 is 23.2 Å². The zero-order chi connectivity index (χ0) is 14.5. The fourth-order valence-corrected chi connectivity index (χ4v) is 2.34. The van der Waals surface area contributed by atoms with Crippen molar-refractivity contribution in [3.05, 3.63) is 58.1 Å². The number of benzene rings is 2. The molecule has 0 saturated heterocycles. The van der Waals surface area contributed by atoms with Crippen LogP contribution in [0, 0.1) is 0 Å². The lowest BCUT2D eigenvalue weighted by atomic mass is 10.0. The van der Waals surface area contributed by atoms with Gasteiger partial charge in [0.05, 0.1) is 23.9 Å². The van der Waals surface area contributed by atoms with E-state index in [0.29, 0.717) is 5.02 Å². The Kier molecular flexibility index (Phi) is 5.16. The molecule has 2 nitrogen and oxygen atoms in total. The summed E-state index contributed by atoms with van der Waals surface area (Å²) in [5.74, 6) is 0.780. The molecule has 0 aromatic heterocycles. The number of anilines is 1. The smallest absolute Gasteiger partial charge is 0.121 e. The van der Waals surface area contributed by atoms with E-state index in [1.54, 1.807) is 7.11 Å². The lowest BCUT2D eigenvalue weighted by Gasteiger charge is -2.20. The van der Waals surface area contributed by atoms with E-state index in [9.17, 15) is 0 Å². The third-order valence-electron chi connectivity index (χ3n) is 3.18. The Balaban J connectivity index is 2.23. The number of nitrogens with one attached hydrogen (secondary N) is 1. The predicted molar refractivity (Wildman–Crippen MR) is 86.1 cm³/mol. The molecule has 1 N–H and O–H groups in total. The van der Waals surface area contributed by atoms with E-state index in [2.05, 4.69) is 12.2 Å². The molecule has 0 fully saturated rings. The van der Waals surface area contributed by atoms with Crippen LogP contribution in [0.25, 0.3) is 0 Å². The van der Waals surface area contributed by atoms with Gasteiger partial charge in [-0.25, -0.2) is 0 Å². The maximum absolute atomic E-state index is 6.23. The first-order chi connectivity index (χ1) is 9.63. The largest absolute Gasteiger partial charge is 0.497 e. The highest BCUT2D eigenvalue weighted by atomic mass is 35.5. The van der Waals surface area contributed by atoms with Gasteiger partial charge in [-0.1, -0.05) is 42.3 Å². The van der Waals surface area contributed by atoms with Gasteiger partial charge in [-0.15, -0.1) is 0 Å². The van der Waals surface area contributed by atoms with Crippen LogP contribution in [-0.2, 0) is 0 Å². The van der Waals surface area contributed by atoms with Gasteiger partial charge in [0, 0.05) is 11.1 Å². The van der Waals surface area contributed by atoms with Crippen molar-refractivity contribution in [3.63, 3.8) is 0 Å². The molecule has 0 bridgehead atoms. The van der Waals surface area contributed by atoms with Crippen LogP contribution in [0.15, 0.2) is 42.5 Å². The molecule has 0 radical (unpaired) electrons. The molecule has 0 saturated carbocycles. The Morgan fingerprint density at radius 2 is 1.80 bits per heavy atom. The highest BCUT2D eigenvalue weighted by molar-refractivity contribution is 6.33. The molecule has 0 aliphatic heterocycles. The summed E-state index contributed by atoms with van der Waals surface area (Å²) < 4.78 is 5.23. The summed E-state index contributed by atoms with van der Waals surface area (Å²) in [6.45, 7) is 2.13. The van der Waals surface area contributed by atoms with Crippen molar-refractivity contribution in [3.8, 4) is 5.75 Å². The van der Waals surface area contributed by atoms with Crippen molar-refractivity contribution in [1.82, 2.24) is 0 Å². The van der Waals surface area contributed by atoms with Gasteiger partial charge in [-0.3, -0.25) is 0 Å². The van der Waals surface area contributed by atoms with Crippen LogP contribution in [0.3, 0.4) is 0 Å². The molecule has 0 heterocycles. The topological polar surface area (TPSA) is 21.3 Å². The molecular formula is C16H17Cl2NO. The minimum absolute atomic E-state index is 0.178. The Labute approximate surface area is 129 Å². The van der Waals surface area contributed by atoms with Crippen LogP contribution in [-0.4, -0.2) is 7.11 Å². The van der Waals surface area contributed by atoms with Gasteiger partial charge < -0.3 is 10.1 Å².